The Morgan fingerprint density at radius 2 is 2.47 bits per heavy atom. The maximum atomic E-state index is 10.8. The Kier molecular flexibility index (Phi) is 6.12. The molecule has 1 aromatic heterocycles. The Balaban J connectivity index is 2.32. The molecular formula is C12H15NO2S2. The molecule has 0 unspecified atom stereocenters. The molecule has 17 heavy (non-hydrogen) atoms. The number of hydrogen-bond acceptors (Lipinski definition) is 4. The van der Waals surface area contributed by atoms with Gasteiger partial charge in [-0.1, -0.05) is 5.92 Å². The van der Waals surface area contributed by atoms with Crippen LogP contribution in [0.25, 0.3) is 0 Å². The number of carboxylic acids is 1. The number of terminal acetylenes is 1. The van der Waals surface area contributed by atoms with Gasteiger partial charge in [0.2, 0.25) is 0 Å². The third-order valence-electron chi connectivity index (χ3n) is 2.16. The SMILES string of the molecule is C#CCSCCNCc1cc(C(=O)O)sc1C. The summed E-state index contributed by atoms with van der Waals surface area (Å²) < 4.78 is 0. The van der Waals surface area contributed by atoms with Crippen molar-refractivity contribution >= 4 is 29.1 Å². The lowest BCUT2D eigenvalue weighted by Crippen LogP contribution is -2.16. The number of nitrogens with one attached hydrogen (secondary N) is 1. The molecule has 0 saturated heterocycles. The summed E-state index contributed by atoms with van der Waals surface area (Å²) in [7, 11) is 0. The molecule has 0 aliphatic rings. The van der Waals surface area contributed by atoms with Gasteiger partial charge in [0, 0.05) is 23.7 Å². The van der Waals surface area contributed by atoms with E-state index in [0.29, 0.717) is 11.4 Å². The van der Waals surface area contributed by atoms with Gasteiger partial charge >= 0.3 is 5.97 Å². The van der Waals surface area contributed by atoms with E-state index >= 15 is 0 Å². The van der Waals surface area contributed by atoms with Crippen molar-refractivity contribution in [3.63, 3.8) is 0 Å². The summed E-state index contributed by atoms with van der Waals surface area (Å²) in [6, 6.07) is 1.74. The van der Waals surface area contributed by atoms with Crippen molar-refractivity contribution in [2.24, 2.45) is 0 Å². The van der Waals surface area contributed by atoms with Gasteiger partial charge in [-0.25, -0.2) is 4.79 Å². The molecule has 0 bridgehead atoms. The highest BCUT2D eigenvalue weighted by Crippen LogP contribution is 2.21. The smallest absolute Gasteiger partial charge is 0.345 e. The summed E-state index contributed by atoms with van der Waals surface area (Å²) in [5.74, 6) is 3.43. The van der Waals surface area contributed by atoms with E-state index in [0.717, 1.165) is 28.5 Å². The quantitative estimate of drug-likeness (QED) is 0.588. The van der Waals surface area contributed by atoms with Gasteiger partial charge in [-0.2, -0.15) is 0 Å². The van der Waals surface area contributed by atoms with Crippen molar-refractivity contribution in [1.82, 2.24) is 5.32 Å². The first kappa shape index (κ1) is 14.1. The molecule has 0 aliphatic heterocycles. The van der Waals surface area contributed by atoms with E-state index in [4.69, 9.17) is 11.5 Å². The van der Waals surface area contributed by atoms with Crippen LogP contribution in [0.1, 0.15) is 20.1 Å². The third kappa shape index (κ3) is 4.82. The number of aryl methyl sites for hydroxylation is 1. The van der Waals surface area contributed by atoms with Gasteiger partial charge in [0.15, 0.2) is 0 Å². The molecule has 0 aromatic carbocycles. The lowest BCUT2D eigenvalue weighted by molar-refractivity contribution is 0.0702. The second-order valence-electron chi connectivity index (χ2n) is 3.43. The largest absolute Gasteiger partial charge is 0.477 e. The van der Waals surface area contributed by atoms with Crippen LogP contribution in [-0.2, 0) is 6.54 Å². The third-order valence-corrected chi connectivity index (χ3v) is 4.10. The molecule has 0 amide bonds. The predicted molar refractivity (Wildman–Crippen MR) is 73.9 cm³/mol. The summed E-state index contributed by atoms with van der Waals surface area (Å²) in [4.78, 5) is 12.2. The summed E-state index contributed by atoms with van der Waals surface area (Å²) >= 11 is 3.04. The van der Waals surface area contributed by atoms with E-state index in [1.165, 1.54) is 11.3 Å². The van der Waals surface area contributed by atoms with Crippen LogP contribution in [0.4, 0.5) is 0 Å². The van der Waals surface area contributed by atoms with Crippen molar-refractivity contribution in [3.8, 4) is 12.3 Å². The van der Waals surface area contributed by atoms with Crippen molar-refractivity contribution < 1.29 is 9.90 Å². The minimum atomic E-state index is -0.853. The van der Waals surface area contributed by atoms with E-state index in [-0.39, 0.29) is 0 Å². The van der Waals surface area contributed by atoms with Crippen molar-refractivity contribution in [3.05, 3.63) is 21.4 Å². The Bertz CT molecular complexity index is 421. The lowest BCUT2D eigenvalue weighted by atomic mass is 10.2. The van der Waals surface area contributed by atoms with Crippen LogP contribution in [0.15, 0.2) is 6.07 Å². The number of hydrogen-bond donors (Lipinski definition) is 2. The fraction of sp³-hybridized carbons (Fsp3) is 0.417. The average Bonchev–Trinajstić information content (AvgIpc) is 2.65. The summed E-state index contributed by atoms with van der Waals surface area (Å²) in [6.07, 6.45) is 5.14. The lowest BCUT2D eigenvalue weighted by Gasteiger charge is -2.02. The van der Waals surface area contributed by atoms with Gasteiger partial charge in [0.25, 0.3) is 0 Å². The standard InChI is InChI=1S/C12H15NO2S2/c1-3-5-16-6-4-13-8-10-7-11(12(14)15)17-9(10)2/h1,7,13H,4-6,8H2,2H3,(H,14,15). The Morgan fingerprint density at radius 1 is 1.71 bits per heavy atom. The molecule has 0 atom stereocenters. The topological polar surface area (TPSA) is 49.3 Å². The van der Waals surface area contributed by atoms with Crippen LogP contribution < -0.4 is 5.32 Å². The van der Waals surface area contributed by atoms with E-state index in [1.807, 2.05) is 6.92 Å². The molecule has 3 nitrogen and oxygen atoms in total. The maximum Gasteiger partial charge on any atom is 0.345 e. The summed E-state index contributed by atoms with van der Waals surface area (Å²) in [6.45, 7) is 3.54. The molecule has 1 rings (SSSR count). The predicted octanol–water partition coefficient (Wildman–Crippen LogP) is 2.21. The van der Waals surface area contributed by atoms with Crippen LogP contribution in [0, 0.1) is 19.3 Å². The van der Waals surface area contributed by atoms with E-state index in [2.05, 4.69) is 11.2 Å². The fourth-order valence-electron chi connectivity index (χ4n) is 1.30. The van der Waals surface area contributed by atoms with E-state index < -0.39 is 5.97 Å². The molecule has 0 radical (unpaired) electrons. The van der Waals surface area contributed by atoms with Crippen molar-refractivity contribution in [1.29, 1.82) is 0 Å². The first-order chi connectivity index (χ1) is 8.15. The van der Waals surface area contributed by atoms with Crippen LogP contribution >= 0.6 is 23.1 Å². The minimum absolute atomic E-state index is 0.404. The molecule has 92 valence electrons. The number of thioether (sulfide) groups is 1. The Labute approximate surface area is 110 Å². The molecule has 5 heteroatoms. The highest BCUT2D eigenvalue weighted by Gasteiger charge is 2.10. The molecule has 0 saturated carbocycles. The Morgan fingerprint density at radius 3 is 3.06 bits per heavy atom. The number of carboxylic acid groups (broad SMARTS) is 1. The minimum Gasteiger partial charge on any atom is -0.477 e. The molecule has 1 heterocycles. The average molecular weight is 269 g/mol. The Hall–Kier alpha value is -0.960. The zero-order chi connectivity index (χ0) is 12.7. The number of carbonyl (C=O) groups is 1. The molecule has 0 aliphatic carbocycles. The zero-order valence-electron chi connectivity index (χ0n) is 9.66. The van der Waals surface area contributed by atoms with Crippen LogP contribution in [0.2, 0.25) is 0 Å². The highest BCUT2D eigenvalue weighted by atomic mass is 32.2. The van der Waals surface area contributed by atoms with Gasteiger partial charge in [-0.15, -0.1) is 29.5 Å². The van der Waals surface area contributed by atoms with Crippen LogP contribution in [-0.4, -0.2) is 29.1 Å². The van der Waals surface area contributed by atoms with Gasteiger partial charge in [0.05, 0.1) is 5.75 Å². The second kappa shape index (κ2) is 7.38. The van der Waals surface area contributed by atoms with Crippen molar-refractivity contribution in [2.75, 3.05) is 18.1 Å². The molecule has 2 N–H and O–H groups in total. The van der Waals surface area contributed by atoms with Crippen LogP contribution in [0.5, 0.6) is 0 Å². The molecule has 1 aromatic rings. The summed E-state index contributed by atoms with van der Waals surface area (Å²) in [5.41, 5.74) is 1.06. The monoisotopic (exact) mass is 269 g/mol. The number of aromatic carboxylic acids is 1. The second-order valence-corrected chi connectivity index (χ2v) is 5.79. The highest BCUT2D eigenvalue weighted by molar-refractivity contribution is 7.99. The van der Waals surface area contributed by atoms with Gasteiger partial charge in [-0.3, -0.25) is 0 Å². The zero-order valence-corrected chi connectivity index (χ0v) is 11.3. The maximum absolute atomic E-state index is 10.8. The van der Waals surface area contributed by atoms with Crippen molar-refractivity contribution in [2.45, 2.75) is 13.5 Å². The molecule has 0 spiro atoms. The first-order valence-electron chi connectivity index (χ1n) is 5.19. The first-order valence-corrected chi connectivity index (χ1v) is 7.16. The molecular weight excluding hydrogens is 254 g/mol. The van der Waals surface area contributed by atoms with Gasteiger partial charge in [-0.05, 0) is 18.6 Å². The van der Waals surface area contributed by atoms with Crippen LogP contribution in [0.3, 0.4) is 0 Å². The van der Waals surface area contributed by atoms with E-state index in [9.17, 15) is 4.79 Å². The van der Waals surface area contributed by atoms with Gasteiger partial charge < -0.3 is 10.4 Å². The normalized spacial score (nSPS) is 10.1. The fourth-order valence-corrected chi connectivity index (χ4v) is 2.73. The summed E-state index contributed by atoms with van der Waals surface area (Å²) in [5, 5.41) is 12.1. The molecule has 0 fully saturated rings. The number of rotatable bonds is 7. The van der Waals surface area contributed by atoms with E-state index in [1.54, 1.807) is 17.8 Å². The van der Waals surface area contributed by atoms with Gasteiger partial charge in [0.1, 0.15) is 4.88 Å². The number of thiophene rings is 1.